The molecule has 0 radical (unpaired) electrons. The van der Waals surface area contributed by atoms with Crippen LogP contribution in [0.3, 0.4) is 0 Å². The van der Waals surface area contributed by atoms with Crippen molar-refractivity contribution in [1.82, 2.24) is 0 Å². The van der Waals surface area contributed by atoms with Gasteiger partial charge in [-0.2, -0.15) is 0 Å². The van der Waals surface area contributed by atoms with Crippen molar-refractivity contribution in [3.63, 3.8) is 0 Å². The minimum absolute atomic E-state index is 0.230. The maximum absolute atomic E-state index is 12.1. The van der Waals surface area contributed by atoms with Crippen molar-refractivity contribution in [2.75, 3.05) is 6.61 Å². The molecule has 2 heterocycles. The van der Waals surface area contributed by atoms with Crippen LogP contribution in [-0.4, -0.2) is 60.2 Å². The van der Waals surface area contributed by atoms with Gasteiger partial charge in [-0.25, -0.2) is 0 Å². The Labute approximate surface area is 212 Å². The number of aliphatic hydroxyl groups is 1. The zero-order valence-electron chi connectivity index (χ0n) is 23.5. The fraction of sp³-hybridized carbons (Fsp3) is 0.923. The molecule has 2 aliphatic heterocycles. The van der Waals surface area contributed by atoms with E-state index >= 15 is 0 Å². The van der Waals surface area contributed by atoms with Gasteiger partial charge in [-0.3, -0.25) is 0 Å². The summed E-state index contributed by atoms with van der Waals surface area (Å²) in [5.41, 5.74) is 3.42. The van der Waals surface area contributed by atoms with Crippen LogP contribution in [0.15, 0.2) is 0 Å². The molecule has 4 atom stereocenters. The molecule has 0 saturated carbocycles. The normalized spacial score (nSPS) is 30.4. The lowest BCUT2D eigenvalue weighted by molar-refractivity contribution is -0.329. The minimum Gasteiger partial charge on any atom is -0.406 e. The first-order valence-corrected chi connectivity index (χ1v) is 22.4. The van der Waals surface area contributed by atoms with Crippen LogP contribution in [0.4, 0.5) is 0 Å². The molecule has 0 aliphatic carbocycles. The van der Waals surface area contributed by atoms with E-state index in [4.69, 9.17) is 18.3 Å². The lowest BCUT2D eigenvalue weighted by Crippen LogP contribution is -2.58. The van der Waals surface area contributed by atoms with Crippen LogP contribution in [0.25, 0.3) is 0 Å². The molecule has 1 spiro atoms. The van der Waals surface area contributed by atoms with Crippen LogP contribution >= 0.6 is 0 Å². The van der Waals surface area contributed by atoms with Crippen LogP contribution < -0.4 is 0 Å². The molecule has 8 heteroatoms. The molecular weight excluding hydrogens is 477 g/mol. The summed E-state index contributed by atoms with van der Waals surface area (Å²) in [5, 5.41) is 12.1. The van der Waals surface area contributed by atoms with Gasteiger partial charge < -0.3 is 23.4 Å². The fourth-order valence-electron chi connectivity index (χ4n) is 5.39. The average Bonchev–Trinajstić information content (AvgIpc) is 3.01. The van der Waals surface area contributed by atoms with Crippen LogP contribution in [0.5, 0.6) is 0 Å². The van der Waals surface area contributed by atoms with Crippen LogP contribution in [0.1, 0.15) is 67.2 Å². The summed E-state index contributed by atoms with van der Waals surface area (Å²) in [5.74, 6) is 0.819. The summed E-state index contributed by atoms with van der Waals surface area (Å²) in [6, 6.07) is 6.12. The van der Waals surface area contributed by atoms with Crippen molar-refractivity contribution >= 4 is 24.7 Å². The molecule has 34 heavy (non-hydrogen) atoms. The average molecular weight is 529 g/mol. The number of ether oxygens (including phenoxy) is 2. The monoisotopic (exact) mass is 528 g/mol. The van der Waals surface area contributed by atoms with Crippen molar-refractivity contribution < 1.29 is 23.4 Å². The Morgan fingerprint density at radius 3 is 1.74 bits per heavy atom. The second-order valence-electron chi connectivity index (χ2n) is 11.4. The molecule has 1 N–H and O–H groups in total. The van der Waals surface area contributed by atoms with Crippen molar-refractivity contribution in [1.29, 1.82) is 0 Å². The van der Waals surface area contributed by atoms with E-state index in [0.29, 0.717) is 6.61 Å². The second-order valence-corrected chi connectivity index (χ2v) is 25.6. The summed E-state index contributed by atoms with van der Waals surface area (Å²) in [4.78, 5) is 0. The first-order valence-electron chi connectivity index (χ1n) is 13.8. The molecule has 2 fully saturated rings. The fourth-order valence-corrected chi connectivity index (χ4v) is 11.7. The van der Waals surface area contributed by atoms with Gasteiger partial charge in [0.2, 0.25) is 5.79 Å². The first-order chi connectivity index (χ1) is 15.9. The topological polar surface area (TPSA) is 57.2 Å². The van der Waals surface area contributed by atoms with Gasteiger partial charge in [-0.05, 0) is 49.1 Å². The van der Waals surface area contributed by atoms with E-state index in [9.17, 15) is 5.11 Å². The van der Waals surface area contributed by atoms with Gasteiger partial charge >= 0.3 is 0 Å². The molecule has 2 rings (SSSR count). The highest BCUT2D eigenvalue weighted by Gasteiger charge is 2.66. The SMILES string of the molecule is CC[Si](CC)(CC)O[C@@H]1[C@@H](O[Si](CC)(CC)CC)C2(CCCCO2)OC1(O)CC#C[Si](C)(C)C. The van der Waals surface area contributed by atoms with E-state index in [0.717, 1.165) is 55.5 Å². The number of rotatable bonds is 11. The Bertz CT molecular complexity index is 683. The second kappa shape index (κ2) is 12.0. The van der Waals surface area contributed by atoms with Crippen LogP contribution in [-0.2, 0) is 18.3 Å². The predicted molar refractivity (Wildman–Crippen MR) is 148 cm³/mol. The summed E-state index contributed by atoms with van der Waals surface area (Å²) in [6.45, 7) is 20.7. The van der Waals surface area contributed by atoms with Crippen molar-refractivity contribution in [2.24, 2.45) is 0 Å². The highest BCUT2D eigenvalue weighted by atomic mass is 28.4. The molecule has 0 aromatic heterocycles. The molecule has 0 bridgehead atoms. The Hall–Kier alpha value is 0.0106. The zero-order chi connectivity index (χ0) is 25.7. The van der Waals surface area contributed by atoms with Crippen LogP contribution in [0, 0.1) is 11.5 Å². The van der Waals surface area contributed by atoms with Crippen LogP contribution in [0.2, 0.25) is 55.9 Å². The minimum atomic E-state index is -2.07. The third-order valence-electron chi connectivity index (χ3n) is 8.19. The van der Waals surface area contributed by atoms with E-state index < -0.39 is 48.5 Å². The molecule has 0 aromatic rings. The highest BCUT2D eigenvalue weighted by Crippen LogP contribution is 2.50. The van der Waals surface area contributed by atoms with Gasteiger partial charge in [0.05, 0.1) is 13.0 Å². The largest absolute Gasteiger partial charge is 0.406 e. The summed E-state index contributed by atoms with van der Waals surface area (Å²) < 4.78 is 27.3. The van der Waals surface area contributed by atoms with Gasteiger partial charge in [0.1, 0.15) is 20.3 Å². The molecule has 2 aliphatic rings. The molecule has 198 valence electrons. The lowest BCUT2D eigenvalue weighted by atomic mass is 9.96. The van der Waals surface area contributed by atoms with E-state index in [-0.39, 0.29) is 6.42 Å². The molecule has 2 saturated heterocycles. The third-order valence-corrected chi connectivity index (χ3v) is 18.4. The zero-order valence-corrected chi connectivity index (χ0v) is 26.5. The number of hydrogen-bond donors (Lipinski definition) is 1. The maximum atomic E-state index is 12.1. The number of hydrogen-bond acceptors (Lipinski definition) is 5. The Morgan fingerprint density at radius 2 is 1.32 bits per heavy atom. The standard InChI is InChI=1S/C26H52O5Si3/c1-10-33(11-2,12-3)29-23-24(30-34(13-4,14-5)15-6)26(20-16-17-21-28-26)31-25(23,27)19-18-22-32(7,8)9/h23-24,27H,10-17,19-21H2,1-9H3/t23-,24-,25?,26?/m1/s1. The maximum Gasteiger partial charge on any atom is 0.208 e. The van der Waals surface area contributed by atoms with Gasteiger partial charge in [0.15, 0.2) is 22.4 Å². The summed E-state index contributed by atoms with van der Waals surface area (Å²) in [7, 11) is -5.69. The summed E-state index contributed by atoms with van der Waals surface area (Å²) >= 11 is 0. The van der Waals surface area contributed by atoms with Gasteiger partial charge in [-0.1, -0.05) is 61.2 Å². The highest BCUT2D eigenvalue weighted by molar-refractivity contribution is 6.83. The Balaban J connectivity index is 2.60. The van der Waals surface area contributed by atoms with E-state index in [1.807, 2.05) is 0 Å². The third kappa shape index (κ3) is 6.66. The van der Waals surface area contributed by atoms with E-state index in [2.05, 4.69) is 72.6 Å². The van der Waals surface area contributed by atoms with Gasteiger partial charge in [0.25, 0.3) is 0 Å². The van der Waals surface area contributed by atoms with Gasteiger partial charge in [-0.15, -0.1) is 11.5 Å². The van der Waals surface area contributed by atoms with Crippen molar-refractivity contribution in [3.8, 4) is 11.5 Å². The Kier molecular flexibility index (Phi) is 10.7. The molecular formula is C26H52O5Si3. The molecule has 5 nitrogen and oxygen atoms in total. The van der Waals surface area contributed by atoms with E-state index in [1.54, 1.807) is 0 Å². The van der Waals surface area contributed by atoms with E-state index in [1.165, 1.54) is 0 Å². The smallest absolute Gasteiger partial charge is 0.208 e. The molecule has 0 aromatic carbocycles. The lowest BCUT2D eigenvalue weighted by Gasteiger charge is -2.44. The first kappa shape index (κ1) is 30.2. The molecule has 2 unspecified atom stereocenters. The van der Waals surface area contributed by atoms with Crippen molar-refractivity contribution in [2.45, 2.75) is 147 Å². The van der Waals surface area contributed by atoms with Gasteiger partial charge in [0, 0.05) is 6.42 Å². The predicted octanol–water partition coefficient (Wildman–Crippen LogP) is 6.65. The summed E-state index contributed by atoms with van der Waals surface area (Å²) in [6.07, 6.45) is 1.96. The quantitative estimate of drug-likeness (QED) is 0.240. The van der Waals surface area contributed by atoms with Crippen molar-refractivity contribution in [3.05, 3.63) is 0 Å². The molecule has 0 amide bonds. The Morgan fingerprint density at radius 1 is 0.824 bits per heavy atom.